The third-order valence-electron chi connectivity index (χ3n) is 4.56. The second-order valence-electron chi connectivity index (χ2n) is 6.61. The standard InChI is InChI=1S/C19H22ClFN2O6/c20-13-6-2-1-5-12(13)11-29-19(28)23-8-4-3-7-15(23)18(27)22-14(9-17(25)26)16(24)10-21/h1-2,5-6,14-15H,3-4,7-11H2,(H,22,27)(H,25,26)/t14-,15-/m0/s1. The highest BCUT2D eigenvalue weighted by molar-refractivity contribution is 6.31. The van der Waals surface area contributed by atoms with E-state index < -0.39 is 48.9 Å². The lowest BCUT2D eigenvalue weighted by Gasteiger charge is -2.34. The Kier molecular flexibility index (Phi) is 8.38. The molecule has 0 saturated carbocycles. The van der Waals surface area contributed by atoms with E-state index in [1.165, 1.54) is 4.90 Å². The number of alkyl halides is 1. The molecular weight excluding hydrogens is 407 g/mol. The molecule has 0 aromatic heterocycles. The number of ether oxygens (including phenoxy) is 1. The van der Waals surface area contributed by atoms with E-state index in [2.05, 4.69) is 5.32 Å². The van der Waals surface area contributed by atoms with E-state index in [1.807, 2.05) is 0 Å². The quantitative estimate of drug-likeness (QED) is 0.657. The van der Waals surface area contributed by atoms with Crippen LogP contribution in [0.1, 0.15) is 31.2 Å². The fraction of sp³-hybridized carbons (Fsp3) is 0.474. The summed E-state index contributed by atoms with van der Waals surface area (Å²) in [5.41, 5.74) is 0.607. The number of carboxylic acid groups (broad SMARTS) is 1. The van der Waals surface area contributed by atoms with E-state index >= 15 is 0 Å². The lowest BCUT2D eigenvalue weighted by Crippen LogP contribution is -2.55. The van der Waals surface area contributed by atoms with Gasteiger partial charge in [-0.15, -0.1) is 0 Å². The molecule has 1 heterocycles. The predicted molar refractivity (Wildman–Crippen MR) is 101 cm³/mol. The molecule has 0 spiro atoms. The van der Waals surface area contributed by atoms with Gasteiger partial charge in [-0.05, 0) is 25.3 Å². The number of likely N-dealkylation sites (tertiary alicyclic amines) is 1. The van der Waals surface area contributed by atoms with Gasteiger partial charge in [0, 0.05) is 17.1 Å². The molecule has 158 valence electrons. The largest absolute Gasteiger partial charge is 0.481 e. The van der Waals surface area contributed by atoms with Crippen molar-refractivity contribution in [3.63, 3.8) is 0 Å². The third-order valence-corrected chi connectivity index (χ3v) is 4.93. The average molecular weight is 429 g/mol. The molecule has 1 aromatic rings. The summed E-state index contributed by atoms with van der Waals surface area (Å²) in [6.45, 7) is -1.21. The highest BCUT2D eigenvalue weighted by Crippen LogP contribution is 2.21. The van der Waals surface area contributed by atoms with Crippen molar-refractivity contribution in [1.29, 1.82) is 0 Å². The molecule has 2 N–H and O–H groups in total. The highest BCUT2D eigenvalue weighted by atomic mass is 35.5. The van der Waals surface area contributed by atoms with Gasteiger partial charge in [0.1, 0.15) is 25.4 Å². The number of amides is 2. The summed E-state index contributed by atoms with van der Waals surface area (Å²) in [7, 11) is 0. The summed E-state index contributed by atoms with van der Waals surface area (Å²) in [6, 6.07) is 4.42. The summed E-state index contributed by atoms with van der Waals surface area (Å²) < 4.78 is 18.0. The van der Waals surface area contributed by atoms with Crippen LogP contribution >= 0.6 is 11.6 Å². The third kappa shape index (κ3) is 6.42. The van der Waals surface area contributed by atoms with Crippen LogP contribution in [0, 0.1) is 0 Å². The minimum absolute atomic E-state index is 0.0781. The summed E-state index contributed by atoms with van der Waals surface area (Å²) >= 11 is 6.04. The molecule has 0 aliphatic carbocycles. The molecule has 0 unspecified atom stereocenters. The smallest absolute Gasteiger partial charge is 0.410 e. The van der Waals surface area contributed by atoms with Gasteiger partial charge in [0.05, 0.1) is 6.42 Å². The number of carbonyl (C=O) groups excluding carboxylic acids is 3. The van der Waals surface area contributed by atoms with Gasteiger partial charge < -0.3 is 15.2 Å². The Morgan fingerprint density at radius 1 is 1.28 bits per heavy atom. The maximum atomic E-state index is 12.7. The van der Waals surface area contributed by atoms with Gasteiger partial charge in [-0.25, -0.2) is 9.18 Å². The number of nitrogens with one attached hydrogen (secondary N) is 1. The van der Waals surface area contributed by atoms with Crippen molar-refractivity contribution in [3.8, 4) is 0 Å². The zero-order valence-electron chi connectivity index (χ0n) is 15.6. The van der Waals surface area contributed by atoms with Crippen molar-refractivity contribution in [1.82, 2.24) is 10.2 Å². The maximum Gasteiger partial charge on any atom is 0.410 e. The number of nitrogens with zero attached hydrogens (tertiary/aromatic N) is 1. The molecule has 1 saturated heterocycles. The Balaban J connectivity index is 2.04. The van der Waals surface area contributed by atoms with Gasteiger partial charge >= 0.3 is 12.1 Å². The van der Waals surface area contributed by atoms with Gasteiger partial charge in [0.2, 0.25) is 5.91 Å². The first kappa shape index (κ1) is 22.6. The Morgan fingerprint density at radius 3 is 2.66 bits per heavy atom. The molecule has 1 aromatic carbocycles. The first-order valence-electron chi connectivity index (χ1n) is 9.11. The number of Topliss-reactive ketones (excluding diaryl/α,β-unsaturated/α-hetero) is 1. The zero-order chi connectivity index (χ0) is 21.4. The second kappa shape index (κ2) is 10.8. The maximum absolute atomic E-state index is 12.7. The number of halogens is 2. The zero-order valence-corrected chi connectivity index (χ0v) is 16.4. The van der Waals surface area contributed by atoms with Crippen LogP contribution in [-0.4, -0.2) is 59.1 Å². The van der Waals surface area contributed by atoms with Crippen LogP contribution in [0.5, 0.6) is 0 Å². The molecule has 2 atom stereocenters. The Hall–Kier alpha value is -2.68. The van der Waals surface area contributed by atoms with E-state index in [0.717, 1.165) is 0 Å². The Morgan fingerprint density at radius 2 is 2.00 bits per heavy atom. The molecule has 29 heavy (non-hydrogen) atoms. The summed E-state index contributed by atoms with van der Waals surface area (Å²) in [5, 5.41) is 11.6. The highest BCUT2D eigenvalue weighted by Gasteiger charge is 2.35. The van der Waals surface area contributed by atoms with Crippen LogP contribution in [0.15, 0.2) is 24.3 Å². The Bertz CT molecular complexity index is 775. The molecule has 0 bridgehead atoms. The number of piperidine rings is 1. The van der Waals surface area contributed by atoms with E-state index in [-0.39, 0.29) is 13.2 Å². The molecule has 2 amide bonds. The van der Waals surface area contributed by atoms with E-state index in [1.54, 1.807) is 24.3 Å². The van der Waals surface area contributed by atoms with Gasteiger partial charge in [-0.3, -0.25) is 19.3 Å². The number of ketones is 1. The molecule has 1 aliphatic rings. The molecule has 0 radical (unpaired) electrons. The first-order chi connectivity index (χ1) is 13.8. The van der Waals surface area contributed by atoms with Crippen molar-refractivity contribution < 1.29 is 33.4 Å². The van der Waals surface area contributed by atoms with Crippen molar-refractivity contribution in [3.05, 3.63) is 34.9 Å². The van der Waals surface area contributed by atoms with Gasteiger partial charge in [0.25, 0.3) is 0 Å². The van der Waals surface area contributed by atoms with Crippen LogP contribution in [0.4, 0.5) is 9.18 Å². The van der Waals surface area contributed by atoms with Crippen LogP contribution in [0.2, 0.25) is 5.02 Å². The van der Waals surface area contributed by atoms with E-state index in [9.17, 15) is 23.6 Å². The van der Waals surface area contributed by atoms with Crippen molar-refractivity contribution in [2.75, 3.05) is 13.2 Å². The number of hydrogen-bond acceptors (Lipinski definition) is 5. The first-order valence-corrected chi connectivity index (χ1v) is 9.49. The van der Waals surface area contributed by atoms with Crippen LogP contribution in [0.3, 0.4) is 0 Å². The predicted octanol–water partition coefficient (Wildman–Crippen LogP) is 2.33. The van der Waals surface area contributed by atoms with Crippen molar-refractivity contribution in [2.45, 2.75) is 44.4 Å². The lowest BCUT2D eigenvalue weighted by molar-refractivity contribution is -0.140. The second-order valence-corrected chi connectivity index (χ2v) is 7.02. The van der Waals surface area contributed by atoms with Crippen LogP contribution in [-0.2, 0) is 25.7 Å². The molecule has 2 rings (SSSR count). The van der Waals surface area contributed by atoms with E-state index in [0.29, 0.717) is 29.8 Å². The topological polar surface area (TPSA) is 113 Å². The number of aliphatic carboxylic acids is 1. The fourth-order valence-corrected chi connectivity index (χ4v) is 3.23. The Labute approximate surface area is 172 Å². The van der Waals surface area contributed by atoms with Crippen LogP contribution < -0.4 is 5.32 Å². The number of carboxylic acids is 1. The minimum atomic E-state index is -1.49. The number of benzene rings is 1. The minimum Gasteiger partial charge on any atom is -0.481 e. The molecule has 1 fully saturated rings. The monoisotopic (exact) mass is 428 g/mol. The summed E-state index contributed by atoms with van der Waals surface area (Å²) in [4.78, 5) is 48.8. The summed E-state index contributed by atoms with van der Waals surface area (Å²) in [6.07, 6.45) is 0.172. The van der Waals surface area contributed by atoms with Crippen molar-refractivity contribution in [2.24, 2.45) is 0 Å². The van der Waals surface area contributed by atoms with Crippen molar-refractivity contribution >= 4 is 35.4 Å². The number of hydrogen-bond donors (Lipinski definition) is 2. The molecule has 10 heteroatoms. The molecule has 8 nitrogen and oxygen atoms in total. The van der Waals surface area contributed by atoms with Gasteiger partial charge in [-0.2, -0.15) is 0 Å². The number of rotatable bonds is 8. The normalized spacial score (nSPS) is 17.3. The van der Waals surface area contributed by atoms with Gasteiger partial charge in [0.15, 0.2) is 5.78 Å². The SMILES string of the molecule is O=C(O)C[C@H](NC(=O)[C@@H]1CCCCN1C(=O)OCc1ccccc1Cl)C(=O)CF. The lowest BCUT2D eigenvalue weighted by atomic mass is 10.0. The number of carbonyl (C=O) groups is 4. The molecular formula is C19H22ClFN2O6. The van der Waals surface area contributed by atoms with E-state index in [4.69, 9.17) is 21.4 Å². The van der Waals surface area contributed by atoms with Gasteiger partial charge in [-0.1, -0.05) is 29.8 Å². The van der Waals surface area contributed by atoms with Crippen LogP contribution in [0.25, 0.3) is 0 Å². The fourth-order valence-electron chi connectivity index (χ4n) is 3.04. The average Bonchev–Trinajstić information content (AvgIpc) is 2.71. The molecule has 1 aliphatic heterocycles. The summed E-state index contributed by atoms with van der Waals surface area (Å²) in [5.74, 6) is -3.10.